The summed E-state index contributed by atoms with van der Waals surface area (Å²) in [6, 6.07) is 0. The van der Waals surface area contributed by atoms with Crippen molar-refractivity contribution < 1.29 is 44.6 Å². The van der Waals surface area contributed by atoms with Crippen molar-refractivity contribution in [3.8, 4) is 0 Å². The van der Waals surface area contributed by atoms with Gasteiger partial charge in [-0.1, -0.05) is 13.8 Å². The van der Waals surface area contributed by atoms with Crippen LogP contribution in [0.15, 0.2) is 11.6 Å². The minimum absolute atomic E-state index is 0.0580. The summed E-state index contributed by atoms with van der Waals surface area (Å²) in [5.74, 6) is -1.32. The number of rotatable bonds is 5. The first-order chi connectivity index (χ1) is 12.8. The molecule has 2 rings (SSSR count). The third-order valence-electron chi connectivity index (χ3n) is 5.47. The lowest BCUT2D eigenvalue weighted by Gasteiger charge is -2.48. The first-order valence-corrected chi connectivity index (χ1v) is 9.26. The van der Waals surface area contributed by atoms with Crippen LogP contribution in [0.1, 0.15) is 40.5 Å². The second kappa shape index (κ2) is 8.27. The molecule has 0 bridgehead atoms. The number of aliphatic hydroxyl groups excluding tert-OH is 4. The molecule has 9 heteroatoms. The van der Waals surface area contributed by atoms with E-state index in [9.17, 15) is 35.1 Å². The molecule has 2 fully saturated rings. The Kier molecular flexibility index (Phi) is 6.82. The largest absolute Gasteiger partial charge is 0.394 e. The van der Waals surface area contributed by atoms with Crippen LogP contribution in [0.5, 0.6) is 0 Å². The normalized spacial score (nSPS) is 42.4. The van der Waals surface area contributed by atoms with Crippen LogP contribution >= 0.6 is 0 Å². The predicted molar refractivity (Wildman–Crippen MR) is 96.1 cm³/mol. The van der Waals surface area contributed by atoms with Crippen molar-refractivity contribution in [3.63, 3.8) is 0 Å². The molecule has 0 radical (unpaired) electrons. The number of hydrogen-bond donors (Lipinski definition) is 5. The van der Waals surface area contributed by atoms with Crippen LogP contribution in [0.4, 0.5) is 0 Å². The van der Waals surface area contributed by atoms with Crippen LogP contribution in [-0.4, -0.2) is 86.1 Å². The highest BCUT2D eigenvalue weighted by atomic mass is 16.7. The van der Waals surface area contributed by atoms with Crippen LogP contribution < -0.4 is 0 Å². The molecular formula is C19H30O9. The number of aliphatic hydroxyl groups is 5. The lowest BCUT2D eigenvalue weighted by Crippen LogP contribution is -2.60. The second-order valence-corrected chi connectivity index (χ2v) is 8.50. The van der Waals surface area contributed by atoms with Crippen molar-refractivity contribution >= 4 is 11.6 Å². The minimum Gasteiger partial charge on any atom is -0.394 e. The molecule has 9 nitrogen and oxygen atoms in total. The Labute approximate surface area is 163 Å². The Morgan fingerprint density at radius 1 is 1.14 bits per heavy atom. The second-order valence-electron chi connectivity index (χ2n) is 8.50. The van der Waals surface area contributed by atoms with Crippen molar-refractivity contribution in [2.75, 3.05) is 6.61 Å². The molecule has 1 saturated carbocycles. The maximum absolute atomic E-state index is 11.9. The zero-order chi connectivity index (χ0) is 21.4. The summed E-state index contributed by atoms with van der Waals surface area (Å²) in [6.07, 6.45) is -6.03. The van der Waals surface area contributed by atoms with E-state index in [1.165, 1.54) is 13.0 Å². The Bertz CT molecular complexity index is 617. The molecule has 5 N–H and O–H groups in total. The van der Waals surface area contributed by atoms with E-state index >= 15 is 0 Å². The summed E-state index contributed by atoms with van der Waals surface area (Å²) in [7, 11) is 0. The van der Waals surface area contributed by atoms with E-state index in [1.807, 2.05) is 0 Å². The summed E-state index contributed by atoms with van der Waals surface area (Å²) < 4.78 is 11.1. The van der Waals surface area contributed by atoms with Gasteiger partial charge >= 0.3 is 0 Å². The monoisotopic (exact) mass is 402 g/mol. The van der Waals surface area contributed by atoms with E-state index in [-0.39, 0.29) is 6.42 Å². The van der Waals surface area contributed by atoms with Gasteiger partial charge in [0, 0.05) is 13.3 Å². The van der Waals surface area contributed by atoms with Gasteiger partial charge in [0.15, 0.2) is 12.1 Å². The molecule has 28 heavy (non-hydrogen) atoms. The number of allylic oxidation sites excluding steroid dienone is 1. The van der Waals surface area contributed by atoms with Gasteiger partial charge in [-0.2, -0.15) is 0 Å². The predicted octanol–water partition coefficient (Wildman–Crippen LogP) is -1.17. The molecular weight excluding hydrogens is 372 g/mol. The molecule has 2 aliphatic rings. The molecule has 0 unspecified atom stereocenters. The minimum atomic E-state index is -1.56. The van der Waals surface area contributed by atoms with Gasteiger partial charge < -0.3 is 35.0 Å². The first kappa shape index (κ1) is 23.1. The van der Waals surface area contributed by atoms with Gasteiger partial charge in [0.1, 0.15) is 24.4 Å². The summed E-state index contributed by atoms with van der Waals surface area (Å²) in [6.45, 7) is 5.69. The molecule has 1 aliphatic heterocycles. The van der Waals surface area contributed by atoms with E-state index in [4.69, 9.17) is 9.47 Å². The smallest absolute Gasteiger partial charge is 0.221 e. The van der Waals surface area contributed by atoms with Crippen molar-refractivity contribution in [1.82, 2.24) is 0 Å². The highest BCUT2D eigenvalue weighted by molar-refractivity contribution is 6.40. The van der Waals surface area contributed by atoms with Gasteiger partial charge in [-0.25, -0.2) is 0 Å². The van der Waals surface area contributed by atoms with E-state index in [0.29, 0.717) is 12.0 Å². The quantitative estimate of drug-likeness (QED) is 0.283. The van der Waals surface area contributed by atoms with Crippen molar-refractivity contribution in [3.05, 3.63) is 11.6 Å². The molecule has 0 amide bonds. The van der Waals surface area contributed by atoms with E-state index in [1.54, 1.807) is 13.8 Å². The molecule has 7 atom stereocenters. The van der Waals surface area contributed by atoms with Crippen LogP contribution in [0.3, 0.4) is 0 Å². The fraction of sp³-hybridized carbons (Fsp3) is 0.789. The molecule has 0 aromatic rings. The zero-order valence-corrected chi connectivity index (χ0v) is 16.5. The Hall–Kier alpha value is -1.20. The number of ether oxygens (including phenoxy) is 2. The third kappa shape index (κ3) is 4.68. The van der Waals surface area contributed by atoms with Crippen molar-refractivity contribution in [2.24, 2.45) is 5.41 Å². The van der Waals surface area contributed by atoms with Crippen LogP contribution in [-0.2, 0) is 19.1 Å². The molecule has 0 spiro atoms. The van der Waals surface area contributed by atoms with E-state index in [2.05, 4.69) is 0 Å². The average Bonchev–Trinajstić information content (AvgIpc) is 2.57. The highest BCUT2D eigenvalue weighted by Gasteiger charge is 2.49. The SMILES string of the molecule is CC(=O)C(=O)/C=C1\C(C)(C)C[C@H](O[C@@H]2O[C@H](CO)[C@@H](O)[C@H](O)[C@H]2O)C[C@]1(C)O. The van der Waals surface area contributed by atoms with E-state index in [0.717, 1.165) is 6.92 Å². The number of ketones is 2. The van der Waals surface area contributed by atoms with Gasteiger partial charge in [-0.05, 0) is 30.4 Å². The first-order valence-electron chi connectivity index (χ1n) is 9.26. The molecule has 160 valence electrons. The van der Waals surface area contributed by atoms with Gasteiger partial charge in [0.25, 0.3) is 0 Å². The lowest BCUT2D eigenvalue weighted by atomic mass is 9.64. The molecule has 0 aromatic heterocycles. The maximum Gasteiger partial charge on any atom is 0.221 e. The number of hydrogen-bond acceptors (Lipinski definition) is 9. The fourth-order valence-electron chi connectivity index (χ4n) is 4.08. The molecule has 1 heterocycles. The fourth-order valence-corrected chi connectivity index (χ4v) is 4.08. The van der Waals surface area contributed by atoms with Gasteiger partial charge in [0.05, 0.1) is 18.3 Å². The lowest BCUT2D eigenvalue weighted by molar-refractivity contribution is -0.316. The average molecular weight is 402 g/mol. The topological polar surface area (TPSA) is 154 Å². The molecule has 1 saturated heterocycles. The van der Waals surface area contributed by atoms with Crippen LogP contribution in [0.2, 0.25) is 0 Å². The third-order valence-corrected chi connectivity index (χ3v) is 5.47. The standard InChI is InChI=1S/C19H30O9/c1-9(21)11(22)5-13-18(2,3)6-10(7-19(13,4)26)27-17-16(25)15(24)14(23)12(8-20)28-17/h5,10,12,14-17,20,23-26H,6-8H2,1-4H3/b13-5+/t10-,12+,14+,15-,16+,17+,19-/m0/s1. The van der Waals surface area contributed by atoms with Crippen molar-refractivity contribution in [2.45, 2.75) is 82.9 Å². The zero-order valence-electron chi connectivity index (χ0n) is 16.5. The van der Waals surface area contributed by atoms with Gasteiger partial charge in [-0.15, -0.1) is 0 Å². The van der Waals surface area contributed by atoms with Gasteiger partial charge in [-0.3, -0.25) is 9.59 Å². The maximum atomic E-state index is 11.9. The van der Waals surface area contributed by atoms with E-state index < -0.39 is 66.0 Å². The summed E-state index contributed by atoms with van der Waals surface area (Å²) in [5, 5.41) is 50.1. The highest BCUT2D eigenvalue weighted by Crippen LogP contribution is 2.47. The summed E-state index contributed by atoms with van der Waals surface area (Å²) >= 11 is 0. The van der Waals surface area contributed by atoms with Crippen molar-refractivity contribution in [1.29, 1.82) is 0 Å². The van der Waals surface area contributed by atoms with Gasteiger partial charge in [0.2, 0.25) is 5.78 Å². The van der Waals surface area contributed by atoms with Crippen LogP contribution in [0, 0.1) is 5.41 Å². The summed E-state index contributed by atoms with van der Waals surface area (Å²) in [5.41, 5.74) is -1.74. The summed E-state index contributed by atoms with van der Waals surface area (Å²) in [4.78, 5) is 23.2. The molecule has 0 aromatic carbocycles. The Morgan fingerprint density at radius 2 is 1.75 bits per heavy atom. The Balaban J connectivity index is 2.20. The number of carbonyl (C=O) groups excluding carboxylic acids is 2. The Morgan fingerprint density at radius 3 is 2.25 bits per heavy atom. The van der Waals surface area contributed by atoms with Crippen LogP contribution in [0.25, 0.3) is 0 Å². The number of carbonyl (C=O) groups is 2. The molecule has 1 aliphatic carbocycles. The number of Topliss-reactive ketones (excluding diaryl/α,β-unsaturated/α-hetero) is 1.